The summed E-state index contributed by atoms with van der Waals surface area (Å²) in [4.78, 5) is 0. The van der Waals surface area contributed by atoms with Crippen LogP contribution in [0.5, 0.6) is 0 Å². The van der Waals surface area contributed by atoms with Crippen LogP contribution >= 0.6 is 8.46 Å². The minimum atomic E-state index is 0.640. The van der Waals surface area contributed by atoms with Gasteiger partial charge in [0.25, 0.3) is 0 Å². The molecule has 1 atom stereocenters. The monoisotopic (exact) mass is 72.0 g/mol. The molecule has 0 aromatic carbocycles. The smallest absolute Gasteiger partial charge is 0.104 e. The van der Waals surface area contributed by atoms with Crippen LogP contribution in [-0.2, 0) is 0 Å². The summed E-state index contributed by atoms with van der Waals surface area (Å²) in [5, 5.41) is 0. The summed E-state index contributed by atoms with van der Waals surface area (Å²) in [6.45, 7) is 2.07. The highest BCUT2D eigenvalue weighted by Gasteiger charge is 1.55. The standard InChI is InChI=1S/C2H6BP/c1-2-4-3/h4H,2H2,1H3. The molecule has 0 fully saturated rings. The quantitative estimate of drug-likeness (QED) is 0.317. The Bertz CT molecular complexity index is 8.00. The summed E-state index contributed by atoms with van der Waals surface area (Å²) < 4.78 is 0. The normalized spacial score (nSPS) is 10.2. The first-order chi connectivity index (χ1) is 1.91. The van der Waals surface area contributed by atoms with Gasteiger partial charge in [-0.2, -0.15) is 8.46 Å². The largest absolute Gasteiger partial charge is 0.172 e. The number of hydrogen-bond acceptors (Lipinski definition) is 0. The molecule has 0 N–H and O–H groups in total. The van der Waals surface area contributed by atoms with Crippen molar-refractivity contribution in [3.05, 3.63) is 0 Å². The summed E-state index contributed by atoms with van der Waals surface area (Å²) in [5.41, 5.74) is 0. The molecule has 0 aromatic heterocycles. The zero-order valence-corrected chi connectivity index (χ0v) is 3.78. The van der Waals surface area contributed by atoms with Crippen molar-refractivity contribution >= 4 is 16.0 Å². The van der Waals surface area contributed by atoms with Crippen molar-refractivity contribution in [3.63, 3.8) is 0 Å². The zero-order chi connectivity index (χ0) is 3.41. The van der Waals surface area contributed by atoms with E-state index in [1.807, 2.05) is 0 Å². The maximum absolute atomic E-state index is 5.06. The molecule has 0 rings (SSSR count). The van der Waals surface area contributed by atoms with Gasteiger partial charge in [0.15, 0.2) is 0 Å². The Morgan fingerprint density at radius 3 is 2.25 bits per heavy atom. The van der Waals surface area contributed by atoms with E-state index in [2.05, 4.69) is 6.92 Å². The summed E-state index contributed by atoms with van der Waals surface area (Å²) in [5.74, 6) is 0. The van der Waals surface area contributed by atoms with E-state index in [9.17, 15) is 0 Å². The van der Waals surface area contributed by atoms with Crippen molar-refractivity contribution in [1.29, 1.82) is 0 Å². The maximum atomic E-state index is 5.06. The lowest BCUT2D eigenvalue weighted by molar-refractivity contribution is 1.53. The third kappa shape index (κ3) is 2.49. The second kappa shape index (κ2) is 3.49. The van der Waals surface area contributed by atoms with E-state index in [1.165, 1.54) is 0 Å². The van der Waals surface area contributed by atoms with E-state index in [1.54, 1.807) is 0 Å². The van der Waals surface area contributed by atoms with Crippen LogP contribution in [0.25, 0.3) is 0 Å². The number of hydrogen-bond donors (Lipinski definition) is 0. The van der Waals surface area contributed by atoms with Crippen LogP contribution < -0.4 is 0 Å². The highest BCUT2D eigenvalue weighted by Crippen LogP contribution is 1.93. The molecule has 0 aromatic rings. The van der Waals surface area contributed by atoms with Gasteiger partial charge in [0.2, 0.25) is 0 Å². The van der Waals surface area contributed by atoms with E-state index in [0.717, 1.165) is 6.16 Å². The van der Waals surface area contributed by atoms with E-state index >= 15 is 0 Å². The Morgan fingerprint density at radius 1 is 2.00 bits per heavy atom. The Balaban J connectivity index is 1.97. The first kappa shape index (κ1) is 4.49. The van der Waals surface area contributed by atoms with E-state index in [-0.39, 0.29) is 0 Å². The van der Waals surface area contributed by atoms with Crippen molar-refractivity contribution in [2.24, 2.45) is 0 Å². The molecular weight excluding hydrogens is 65.8 g/mol. The summed E-state index contributed by atoms with van der Waals surface area (Å²) in [7, 11) is 5.70. The van der Waals surface area contributed by atoms with Gasteiger partial charge in [-0.05, 0) is 6.16 Å². The summed E-state index contributed by atoms with van der Waals surface area (Å²) in [6.07, 6.45) is 1.12. The predicted molar refractivity (Wildman–Crippen MR) is 24.6 cm³/mol. The molecule has 0 heterocycles. The number of rotatable bonds is 1. The Morgan fingerprint density at radius 2 is 2.25 bits per heavy atom. The van der Waals surface area contributed by atoms with Crippen LogP contribution in [0.4, 0.5) is 0 Å². The van der Waals surface area contributed by atoms with Crippen LogP contribution in [0, 0.1) is 0 Å². The Labute approximate surface area is 30.1 Å². The SMILES string of the molecule is [B]PCC. The fraction of sp³-hybridized carbons (Fsp3) is 1.00. The highest BCUT2D eigenvalue weighted by atomic mass is 31.1. The predicted octanol–water partition coefficient (Wildman–Crippen LogP) is 0.768. The second-order valence-corrected chi connectivity index (χ2v) is 1.67. The zero-order valence-electron chi connectivity index (χ0n) is 2.78. The third-order valence-electron chi connectivity index (χ3n) is 0.204. The molecule has 0 amide bonds. The first-order valence-corrected chi connectivity index (χ1v) is 2.63. The molecule has 22 valence electrons. The van der Waals surface area contributed by atoms with Crippen molar-refractivity contribution in [2.45, 2.75) is 6.92 Å². The average Bonchev–Trinajstić information content (AvgIpc) is 1.37. The van der Waals surface area contributed by atoms with Crippen molar-refractivity contribution < 1.29 is 0 Å². The lowest BCUT2D eigenvalue weighted by Gasteiger charge is -1.69. The molecular formula is C2H6BP. The molecule has 0 saturated carbocycles. The van der Waals surface area contributed by atoms with Crippen molar-refractivity contribution in [2.75, 3.05) is 6.16 Å². The molecule has 0 aliphatic rings. The van der Waals surface area contributed by atoms with E-state index < -0.39 is 0 Å². The average molecular weight is 71.9 g/mol. The molecule has 0 aliphatic heterocycles. The van der Waals surface area contributed by atoms with Crippen LogP contribution in [0.2, 0.25) is 0 Å². The van der Waals surface area contributed by atoms with Crippen LogP contribution in [0.1, 0.15) is 6.92 Å². The molecule has 2 radical (unpaired) electrons. The van der Waals surface area contributed by atoms with Crippen LogP contribution in [-0.4, -0.2) is 13.7 Å². The molecule has 0 bridgehead atoms. The maximum Gasteiger partial charge on any atom is 0.104 e. The first-order valence-electron chi connectivity index (χ1n) is 1.35. The molecule has 0 nitrogen and oxygen atoms in total. The lowest BCUT2D eigenvalue weighted by Crippen LogP contribution is -1.50. The molecule has 0 spiro atoms. The summed E-state index contributed by atoms with van der Waals surface area (Å²) >= 11 is 0. The summed E-state index contributed by atoms with van der Waals surface area (Å²) in [6, 6.07) is 0. The van der Waals surface area contributed by atoms with Gasteiger partial charge in [-0.3, -0.25) is 0 Å². The van der Waals surface area contributed by atoms with Crippen LogP contribution in [0.15, 0.2) is 0 Å². The lowest BCUT2D eigenvalue weighted by atomic mass is 10.8. The second-order valence-electron chi connectivity index (χ2n) is 0.558. The van der Waals surface area contributed by atoms with Crippen LogP contribution in [0.3, 0.4) is 0 Å². The van der Waals surface area contributed by atoms with Gasteiger partial charge in [-0.15, -0.1) is 0 Å². The fourth-order valence-corrected chi connectivity index (χ4v) is 0. The highest BCUT2D eigenvalue weighted by molar-refractivity contribution is 7.66. The molecule has 1 unspecified atom stereocenters. The van der Waals surface area contributed by atoms with Gasteiger partial charge in [0, 0.05) is 0 Å². The van der Waals surface area contributed by atoms with Gasteiger partial charge in [0.05, 0.1) is 0 Å². The minimum absolute atomic E-state index is 0.640. The molecule has 0 aliphatic carbocycles. The van der Waals surface area contributed by atoms with E-state index in [0.29, 0.717) is 8.46 Å². The molecule has 0 saturated heterocycles. The van der Waals surface area contributed by atoms with E-state index in [4.69, 9.17) is 7.57 Å². The van der Waals surface area contributed by atoms with Gasteiger partial charge < -0.3 is 0 Å². The Hall–Kier alpha value is 0.495. The van der Waals surface area contributed by atoms with Gasteiger partial charge >= 0.3 is 0 Å². The van der Waals surface area contributed by atoms with Crippen molar-refractivity contribution in [1.82, 2.24) is 0 Å². The van der Waals surface area contributed by atoms with Gasteiger partial charge in [0.1, 0.15) is 7.57 Å². The third-order valence-corrected chi connectivity index (χ3v) is 0.612. The van der Waals surface area contributed by atoms with Gasteiger partial charge in [-0.25, -0.2) is 0 Å². The fourth-order valence-electron chi connectivity index (χ4n) is 0. The minimum Gasteiger partial charge on any atom is -0.172 e. The van der Waals surface area contributed by atoms with Crippen molar-refractivity contribution in [3.8, 4) is 0 Å². The topological polar surface area (TPSA) is 0 Å². The molecule has 4 heavy (non-hydrogen) atoms. The van der Waals surface area contributed by atoms with Gasteiger partial charge in [-0.1, -0.05) is 6.92 Å². The molecule has 2 heteroatoms. The Kier molecular flexibility index (Phi) is 3.93.